The van der Waals surface area contributed by atoms with Gasteiger partial charge in [0, 0.05) is 25.4 Å². The van der Waals surface area contributed by atoms with Crippen LogP contribution in [-0.4, -0.2) is 23.5 Å². The minimum atomic E-state index is 0.773. The van der Waals surface area contributed by atoms with Crippen LogP contribution >= 0.6 is 0 Å². The molecule has 92 valence electrons. The first-order valence-corrected chi connectivity index (χ1v) is 5.68. The molecule has 0 spiro atoms. The maximum Gasteiger partial charge on any atom is 0.128 e. The topological polar surface area (TPSA) is 48.7 Å². The number of pyridine rings is 1. The number of anilines is 1. The van der Waals surface area contributed by atoms with Crippen LogP contribution in [-0.2, 0) is 6.54 Å². The van der Waals surface area contributed by atoms with Gasteiger partial charge >= 0.3 is 0 Å². The number of benzene rings is 1. The summed E-state index contributed by atoms with van der Waals surface area (Å²) in [4.78, 5) is 6.38. The van der Waals surface area contributed by atoms with Crippen LogP contribution in [0.1, 0.15) is 11.1 Å². The van der Waals surface area contributed by atoms with Crippen molar-refractivity contribution in [3.05, 3.63) is 59.8 Å². The van der Waals surface area contributed by atoms with Crippen LogP contribution in [0.5, 0.6) is 0 Å². The van der Waals surface area contributed by atoms with Crippen molar-refractivity contribution in [2.45, 2.75) is 6.54 Å². The molecule has 4 heteroatoms. The van der Waals surface area contributed by atoms with Gasteiger partial charge in [-0.25, -0.2) is 4.98 Å². The number of nitrogens with zero attached hydrogens (tertiary/aromatic N) is 3. The molecule has 0 aliphatic rings. The summed E-state index contributed by atoms with van der Waals surface area (Å²) in [5.74, 6) is 0.883. The van der Waals surface area contributed by atoms with Crippen LogP contribution in [0.4, 0.5) is 5.82 Å². The molecule has 18 heavy (non-hydrogen) atoms. The van der Waals surface area contributed by atoms with Gasteiger partial charge in [-0.05, 0) is 17.7 Å². The predicted octanol–water partition coefficient (Wildman–Crippen LogP) is 2.53. The Labute approximate surface area is 106 Å². The van der Waals surface area contributed by atoms with E-state index in [2.05, 4.69) is 27.2 Å². The Balaban J connectivity index is 2.07. The molecule has 0 radical (unpaired) electrons. The molecule has 0 fully saturated rings. The average molecular weight is 241 g/mol. The van der Waals surface area contributed by atoms with Crippen molar-refractivity contribution in [1.29, 1.82) is 0 Å². The van der Waals surface area contributed by atoms with E-state index < -0.39 is 0 Å². The first-order chi connectivity index (χ1) is 8.79. The van der Waals surface area contributed by atoms with E-state index in [9.17, 15) is 0 Å². The van der Waals surface area contributed by atoms with Gasteiger partial charge in [-0.2, -0.15) is 0 Å². The van der Waals surface area contributed by atoms with Gasteiger partial charge < -0.3 is 10.1 Å². The van der Waals surface area contributed by atoms with Crippen molar-refractivity contribution in [3.63, 3.8) is 0 Å². The zero-order valence-corrected chi connectivity index (χ0v) is 10.2. The lowest BCUT2D eigenvalue weighted by Gasteiger charge is -2.18. The SMILES string of the molecule is CN(Cc1ccccc1)c1ccc(C=NO)cn1. The Hall–Kier alpha value is -2.36. The summed E-state index contributed by atoms with van der Waals surface area (Å²) in [6.45, 7) is 0.807. The van der Waals surface area contributed by atoms with Crippen LogP contribution in [0.25, 0.3) is 0 Å². The molecule has 1 aromatic heterocycles. The molecule has 0 amide bonds. The molecule has 0 unspecified atom stereocenters. The van der Waals surface area contributed by atoms with Crippen LogP contribution < -0.4 is 4.90 Å². The minimum Gasteiger partial charge on any atom is -0.411 e. The van der Waals surface area contributed by atoms with E-state index in [4.69, 9.17) is 5.21 Å². The molecule has 1 aromatic carbocycles. The van der Waals surface area contributed by atoms with Gasteiger partial charge in [0.05, 0.1) is 6.21 Å². The van der Waals surface area contributed by atoms with Gasteiger partial charge in [0.1, 0.15) is 5.82 Å². The normalized spacial score (nSPS) is 10.7. The molecule has 0 bridgehead atoms. The van der Waals surface area contributed by atoms with E-state index in [-0.39, 0.29) is 0 Å². The lowest BCUT2D eigenvalue weighted by atomic mass is 10.2. The number of hydrogen-bond acceptors (Lipinski definition) is 4. The van der Waals surface area contributed by atoms with Crippen LogP contribution in [0.15, 0.2) is 53.8 Å². The van der Waals surface area contributed by atoms with E-state index in [1.165, 1.54) is 11.8 Å². The first kappa shape index (κ1) is 12.1. The molecule has 2 rings (SSSR count). The van der Waals surface area contributed by atoms with E-state index in [1.807, 2.05) is 37.4 Å². The quantitative estimate of drug-likeness (QED) is 0.508. The largest absolute Gasteiger partial charge is 0.411 e. The third-order valence-electron chi connectivity index (χ3n) is 2.63. The second kappa shape index (κ2) is 5.82. The number of aromatic nitrogens is 1. The molecule has 0 saturated carbocycles. The van der Waals surface area contributed by atoms with Crippen molar-refractivity contribution in [3.8, 4) is 0 Å². The van der Waals surface area contributed by atoms with Gasteiger partial charge in [-0.3, -0.25) is 0 Å². The standard InChI is InChI=1S/C14H15N3O/c1-17(11-12-5-3-2-4-6-12)14-8-7-13(9-15-14)10-16-18/h2-10,18H,11H2,1H3. The smallest absolute Gasteiger partial charge is 0.128 e. The fourth-order valence-electron chi connectivity index (χ4n) is 1.70. The molecule has 0 atom stereocenters. The second-order valence-electron chi connectivity index (χ2n) is 4.04. The molecule has 2 aromatic rings. The molecule has 0 aliphatic carbocycles. The minimum absolute atomic E-state index is 0.773. The summed E-state index contributed by atoms with van der Waals surface area (Å²) in [6.07, 6.45) is 3.03. The molecule has 0 aliphatic heterocycles. The highest BCUT2D eigenvalue weighted by Gasteiger charge is 2.02. The Morgan fingerprint density at radius 1 is 1.22 bits per heavy atom. The molecule has 4 nitrogen and oxygen atoms in total. The molecular formula is C14H15N3O. The van der Waals surface area contributed by atoms with Crippen LogP contribution in [0, 0.1) is 0 Å². The van der Waals surface area contributed by atoms with Crippen molar-refractivity contribution in [2.75, 3.05) is 11.9 Å². The van der Waals surface area contributed by atoms with Crippen molar-refractivity contribution in [1.82, 2.24) is 4.98 Å². The maximum absolute atomic E-state index is 8.42. The lowest BCUT2D eigenvalue weighted by Crippen LogP contribution is -2.17. The Kier molecular flexibility index (Phi) is 3.91. The van der Waals surface area contributed by atoms with Gasteiger partial charge in [0.15, 0.2) is 0 Å². The number of oxime groups is 1. The van der Waals surface area contributed by atoms with E-state index >= 15 is 0 Å². The summed E-state index contributed by atoms with van der Waals surface area (Å²) < 4.78 is 0. The van der Waals surface area contributed by atoms with E-state index in [1.54, 1.807) is 6.20 Å². The van der Waals surface area contributed by atoms with Gasteiger partial charge in [-0.15, -0.1) is 0 Å². The molecule has 1 heterocycles. The van der Waals surface area contributed by atoms with Crippen LogP contribution in [0.3, 0.4) is 0 Å². The summed E-state index contributed by atoms with van der Waals surface area (Å²) in [5, 5.41) is 11.4. The average Bonchev–Trinajstić information content (AvgIpc) is 2.41. The Morgan fingerprint density at radius 2 is 2.00 bits per heavy atom. The summed E-state index contributed by atoms with van der Waals surface area (Å²) in [6, 6.07) is 14.0. The van der Waals surface area contributed by atoms with E-state index in [0.717, 1.165) is 17.9 Å². The summed E-state index contributed by atoms with van der Waals surface area (Å²) in [7, 11) is 2.00. The number of rotatable bonds is 4. The fraction of sp³-hybridized carbons (Fsp3) is 0.143. The Morgan fingerprint density at radius 3 is 2.61 bits per heavy atom. The molecular weight excluding hydrogens is 226 g/mol. The first-order valence-electron chi connectivity index (χ1n) is 5.68. The highest BCUT2D eigenvalue weighted by molar-refractivity contribution is 5.78. The summed E-state index contributed by atoms with van der Waals surface area (Å²) >= 11 is 0. The maximum atomic E-state index is 8.42. The third-order valence-corrected chi connectivity index (χ3v) is 2.63. The monoisotopic (exact) mass is 241 g/mol. The van der Waals surface area contributed by atoms with E-state index in [0.29, 0.717) is 0 Å². The van der Waals surface area contributed by atoms with Gasteiger partial charge in [0.25, 0.3) is 0 Å². The summed E-state index contributed by atoms with van der Waals surface area (Å²) in [5.41, 5.74) is 2.01. The predicted molar refractivity (Wildman–Crippen MR) is 72.2 cm³/mol. The zero-order valence-electron chi connectivity index (χ0n) is 10.2. The highest BCUT2D eigenvalue weighted by Crippen LogP contribution is 2.12. The fourth-order valence-corrected chi connectivity index (χ4v) is 1.70. The second-order valence-corrected chi connectivity index (χ2v) is 4.04. The third kappa shape index (κ3) is 3.07. The van der Waals surface area contributed by atoms with Gasteiger partial charge in [0.2, 0.25) is 0 Å². The van der Waals surface area contributed by atoms with Gasteiger partial charge in [-0.1, -0.05) is 35.5 Å². The highest BCUT2D eigenvalue weighted by atomic mass is 16.4. The Bertz CT molecular complexity index is 508. The van der Waals surface area contributed by atoms with Crippen LogP contribution in [0.2, 0.25) is 0 Å². The van der Waals surface area contributed by atoms with Crippen molar-refractivity contribution in [2.24, 2.45) is 5.16 Å². The lowest BCUT2D eigenvalue weighted by molar-refractivity contribution is 0.322. The van der Waals surface area contributed by atoms with Crippen molar-refractivity contribution < 1.29 is 5.21 Å². The zero-order chi connectivity index (χ0) is 12.8. The molecule has 1 N–H and O–H groups in total. The molecule has 0 saturated heterocycles. The van der Waals surface area contributed by atoms with Crippen molar-refractivity contribution >= 4 is 12.0 Å². The number of hydrogen-bond donors (Lipinski definition) is 1.